The van der Waals surface area contributed by atoms with Crippen molar-refractivity contribution < 1.29 is 14.3 Å². The lowest BCUT2D eigenvalue weighted by Crippen LogP contribution is -2.06. The van der Waals surface area contributed by atoms with Crippen LogP contribution in [0.3, 0.4) is 0 Å². The summed E-state index contributed by atoms with van der Waals surface area (Å²) < 4.78 is 11.0. The van der Waals surface area contributed by atoms with Crippen molar-refractivity contribution in [3.05, 3.63) is 102 Å². The molecule has 0 bridgehead atoms. The fraction of sp³-hybridized carbons (Fsp3) is 0.0870. The van der Waals surface area contributed by atoms with E-state index in [9.17, 15) is 4.79 Å². The molecule has 0 radical (unpaired) electrons. The van der Waals surface area contributed by atoms with Crippen LogP contribution in [0.2, 0.25) is 0 Å². The summed E-state index contributed by atoms with van der Waals surface area (Å²) in [6, 6.07) is 27.1. The number of hydrogen-bond acceptors (Lipinski definition) is 3. The van der Waals surface area contributed by atoms with Gasteiger partial charge in [0.25, 0.3) is 0 Å². The van der Waals surface area contributed by atoms with Gasteiger partial charge in [-0.05, 0) is 23.3 Å². The lowest BCUT2D eigenvalue weighted by atomic mass is 10.0. The van der Waals surface area contributed by atoms with Crippen LogP contribution in [0.4, 0.5) is 0 Å². The normalized spacial score (nSPS) is 11.0. The minimum atomic E-state index is -0.399. The average Bonchev–Trinajstić information content (AvgIpc) is 2.72. The van der Waals surface area contributed by atoms with Gasteiger partial charge in [-0.15, -0.1) is 0 Å². The van der Waals surface area contributed by atoms with Crippen molar-refractivity contribution in [1.29, 1.82) is 0 Å². The largest absolute Gasteiger partial charge is 0.488 e. The zero-order valence-electron chi connectivity index (χ0n) is 14.6. The van der Waals surface area contributed by atoms with Crippen LogP contribution in [0, 0.1) is 0 Å². The second-order valence-electron chi connectivity index (χ2n) is 5.73. The summed E-state index contributed by atoms with van der Waals surface area (Å²) in [7, 11) is 1.38. The summed E-state index contributed by atoms with van der Waals surface area (Å²) in [5, 5.41) is 0. The van der Waals surface area contributed by atoms with Crippen molar-refractivity contribution in [3.63, 3.8) is 0 Å². The first-order chi connectivity index (χ1) is 12.8. The number of methoxy groups -OCH3 is 1. The summed E-state index contributed by atoms with van der Waals surface area (Å²) in [4.78, 5) is 12.4. The minimum Gasteiger partial charge on any atom is -0.488 e. The van der Waals surface area contributed by atoms with E-state index < -0.39 is 5.97 Å². The summed E-state index contributed by atoms with van der Waals surface area (Å²) in [5.41, 5.74) is 3.15. The second-order valence-corrected chi connectivity index (χ2v) is 5.73. The number of esters is 1. The number of carbonyl (C=O) groups is 1. The van der Waals surface area contributed by atoms with Crippen molar-refractivity contribution >= 4 is 17.6 Å². The highest BCUT2D eigenvalue weighted by Crippen LogP contribution is 2.29. The van der Waals surface area contributed by atoms with Crippen LogP contribution in [0.1, 0.15) is 16.7 Å². The molecule has 0 heterocycles. The predicted molar refractivity (Wildman–Crippen MR) is 104 cm³/mol. The zero-order valence-corrected chi connectivity index (χ0v) is 14.6. The van der Waals surface area contributed by atoms with Crippen molar-refractivity contribution in [3.8, 4) is 5.75 Å². The molecule has 0 fully saturated rings. The lowest BCUT2D eigenvalue weighted by Gasteiger charge is -2.13. The number of carbonyl (C=O) groups excluding carboxylic acids is 1. The van der Waals surface area contributed by atoms with Crippen molar-refractivity contribution in [2.45, 2.75) is 6.61 Å². The van der Waals surface area contributed by atoms with Gasteiger partial charge in [0.2, 0.25) is 0 Å². The van der Waals surface area contributed by atoms with E-state index in [1.165, 1.54) is 7.11 Å². The molecule has 3 heteroatoms. The molecule has 0 atom stereocenters. The van der Waals surface area contributed by atoms with Crippen molar-refractivity contribution in [1.82, 2.24) is 0 Å². The van der Waals surface area contributed by atoms with Gasteiger partial charge in [-0.2, -0.15) is 0 Å². The molecule has 130 valence electrons. The van der Waals surface area contributed by atoms with E-state index in [0.717, 1.165) is 11.1 Å². The maximum atomic E-state index is 12.4. The van der Waals surface area contributed by atoms with E-state index in [1.807, 2.05) is 91.0 Å². The first-order valence-corrected chi connectivity index (χ1v) is 8.39. The fourth-order valence-corrected chi connectivity index (χ4v) is 2.62. The Kier molecular flexibility index (Phi) is 5.84. The Bertz CT molecular complexity index is 884. The van der Waals surface area contributed by atoms with Crippen LogP contribution >= 0.6 is 0 Å². The number of ether oxygens (including phenoxy) is 2. The highest BCUT2D eigenvalue weighted by Gasteiger charge is 2.17. The van der Waals surface area contributed by atoms with Gasteiger partial charge in [0.15, 0.2) is 0 Å². The highest BCUT2D eigenvalue weighted by atomic mass is 16.5. The van der Waals surface area contributed by atoms with Crippen LogP contribution in [-0.4, -0.2) is 13.1 Å². The lowest BCUT2D eigenvalue weighted by molar-refractivity contribution is -0.133. The molecule has 0 spiro atoms. The molecule has 0 N–H and O–H groups in total. The van der Waals surface area contributed by atoms with Crippen molar-refractivity contribution in [2.24, 2.45) is 0 Å². The number of hydrogen-bond donors (Lipinski definition) is 0. The zero-order chi connectivity index (χ0) is 18.2. The van der Waals surface area contributed by atoms with Gasteiger partial charge < -0.3 is 9.47 Å². The Labute approximate surface area is 153 Å². The van der Waals surface area contributed by atoms with E-state index in [1.54, 1.807) is 0 Å². The Morgan fingerprint density at radius 2 is 1.46 bits per heavy atom. The van der Waals surface area contributed by atoms with Crippen LogP contribution < -0.4 is 4.74 Å². The molecule has 3 nitrogen and oxygen atoms in total. The molecule has 3 rings (SSSR count). The highest BCUT2D eigenvalue weighted by molar-refractivity contribution is 6.22. The van der Waals surface area contributed by atoms with Gasteiger partial charge in [0.05, 0.1) is 12.7 Å². The third-order valence-corrected chi connectivity index (χ3v) is 3.93. The molecule has 0 aliphatic carbocycles. The van der Waals surface area contributed by atoms with Crippen LogP contribution in [-0.2, 0) is 16.1 Å². The minimum absolute atomic E-state index is 0.399. The quantitative estimate of drug-likeness (QED) is 0.359. The van der Waals surface area contributed by atoms with Gasteiger partial charge in [0.1, 0.15) is 12.4 Å². The van der Waals surface area contributed by atoms with Crippen LogP contribution in [0.15, 0.2) is 84.9 Å². The SMILES string of the molecule is COC(=O)/C(=C/c1ccccc1)c1ccccc1OCc1ccccc1. The summed E-state index contributed by atoms with van der Waals surface area (Å²) >= 11 is 0. The van der Waals surface area contributed by atoms with Gasteiger partial charge in [-0.1, -0.05) is 78.9 Å². The van der Waals surface area contributed by atoms with E-state index in [0.29, 0.717) is 23.5 Å². The third-order valence-electron chi connectivity index (χ3n) is 3.93. The molecular formula is C23H20O3. The molecule has 0 aliphatic heterocycles. The average molecular weight is 344 g/mol. The molecular weight excluding hydrogens is 324 g/mol. The Balaban J connectivity index is 1.94. The molecule has 0 aromatic heterocycles. The van der Waals surface area contributed by atoms with E-state index in [-0.39, 0.29) is 0 Å². The topological polar surface area (TPSA) is 35.5 Å². The molecule has 0 amide bonds. The van der Waals surface area contributed by atoms with Crippen molar-refractivity contribution in [2.75, 3.05) is 7.11 Å². The van der Waals surface area contributed by atoms with E-state index in [2.05, 4.69) is 0 Å². The summed E-state index contributed by atoms with van der Waals surface area (Å²) in [6.07, 6.45) is 1.82. The summed E-state index contributed by atoms with van der Waals surface area (Å²) in [6.45, 7) is 0.428. The first-order valence-electron chi connectivity index (χ1n) is 8.39. The molecule has 26 heavy (non-hydrogen) atoms. The maximum absolute atomic E-state index is 12.4. The molecule has 0 saturated heterocycles. The molecule has 3 aromatic carbocycles. The monoisotopic (exact) mass is 344 g/mol. The van der Waals surface area contributed by atoms with Gasteiger partial charge >= 0.3 is 5.97 Å². The molecule has 0 aliphatic rings. The second kappa shape index (κ2) is 8.67. The predicted octanol–water partition coefficient (Wildman–Crippen LogP) is 4.98. The van der Waals surface area contributed by atoms with Gasteiger partial charge in [-0.25, -0.2) is 4.79 Å². The molecule has 0 saturated carbocycles. The van der Waals surface area contributed by atoms with Crippen LogP contribution in [0.25, 0.3) is 11.6 Å². The Hall–Kier alpha value is -3.33. The van der Waals surface area contributed by atoms with Gasteiger partial charge in [-0.3, -0.25) is 0 Å². The van der Waals surface area contributed by atoms with Gasteiger partial charge in [0, 0.05) is 5.56 Å². The fourth-order valence-electron chi connectivity index (χ4n) is 2.62. The van der Waals surface area contributed by atoms with E-state index >= 15 is 0 Å². The standard InChI is InChI=1S/C23H20O3/c1-25-23(24)21(16-18-10-4-2-5-11-18)20-14-8-9-15-22(20)26-17-19-12-6-3-7-13-19/h2-16H,17H2,1H3/b21-16+. The number of para-hydroxylation sites is 1. The number of benzene rings is 3. The smallest absolute Gasteiger partial charge is 0.338 e. The third kappa shape index (κ3) is 4.39. The molecule has 0 unspecified atom stereocenters. The van der Waals surface area contributed by atoms with Crippen LogP contribution in [0.5, 0.6) is 5.75 Å². The Morgan fingerprint density at radius 3 is 2.15 bits per heavy atom. The first kappa shape index (κ1) is 17.5. The maximum Gasteiger partial charge on any atom is 0.338 e. The van der Waals surface area contributed by atoms with E-state index in [4.69, 9.17) is 9.47 Å². The summed E-state index contributed by atoms with van der Waals surface area (Å²) in [5.74, 6) is 0.244. The Morgan fingerprint density at radius 1 is 0.846 bits per heavy atom. The molecule has 3 aromatic rings. The number of rotatable bonds is 6.